The molecule has 0 saturated carbocycles. The highest BCUT2D eigenvalue weighted by Gasteiger charge is 2.16. The quantitative estimate of drug-likeness (QED) is 0.398. The molecule has 0 N–H and O–H groups in total. The van der Waals surface area contributed by atoms with Crippen LogP contribution in [-0.2, 0) is 0 Å². The van der Waals surface area contributed by atoms with Crippen molar-refractivity contribution in [2.24, 2.45) is 0 Å². The maximum atomic E-state index is 12.4. The van der Waals surface area contributed by atoms with Gasteiger partial charge in [0.15, 0.2) is 0 Å². The third kappa shape index (κ3) is 1.65. The summed E-state index contributed by atoms with van der Waals surface area (Å²) in [5.41, 5.74) is -0.476. The van der Waals surface area contributed by atoms with E-state index in [-0.39, 0.29) is 10.8 Å². The number of fused-ring (bicyclic) bond motifs is 5. The van der Waals surface area contributed by atoms with Gasteiger partial charge < -0.3 is 13.6 Å². The molecule has 0 amide bonds. The second-order valence-electron chi connectivity index (χ2n) is 4.89. The lowest BCUT2D eigenvalue weighted by Crippen LogP contribution is -2.09. The Morgan fingerprint density at radius 2 is 1.45 bits per heavy atom. The molecule has 0 saturated heterocycles. The first-order valence-corrected chi connectivity index (χ1v) is 6.65. The SMILES string of the molecule is COc1ccc2c(c1)oc(=O)c1c3ccccc3oc(=O)c21. The van der Waals surface area contributed by atoms with Crippen molar-refractivity contribution < 1.29 is 13.6 Å². The van der Waals surface area contributed by atoms with Gasteiger partial charge in [-0.05, 0) is 18.2 Å². The molecule has 0 aliphatic carbocycles. The molecule has 2 aromatic heterocycles. The van der Waals surface area contributed by atoms with Crippen LogP contribution in [0.25, 0.3) is 32.7 Å². The third-order valence-electron chi connectivity index (χ3n) is 3.68. The van der Waals surface area contributed by atoms with Crippen LogP contribution >= 0.6 is 0 Å². The van der Waals surface area contributed by atoms with Gasteiger partial charge in [0.25, 0.3) is 0 Å². The minimum atomic E-state index is -0.570. The minimum Gasteiger partial charge on any atom is -0.497 e. The topological polar surface area (TPSA) is 69.7 Å². The van der Waals surface area contributed by atoms with E-state index in [2.05, 4.69) is 0 Å². The van der Waals surface area contributed by atoms with Crippen molar-refractivity contribution in [3.8, 4) is 5.75 Å². The van der Waals surface area contributed by atoms with E-state index in [0.29, 0.717) is 27.7 Å². The van der Waals surface area contributed by atoms with Crippen LogP contribution in [0.15, 0.2) is 60.9 Å². The van der Waals surface area contributed by atoms with Crippen LogP contribution in [0.4, 0.5) is 0 Å². The molecule has 4 rings (SSSR count). The zero-order valence-electron chi connectivity index (χ0n) is 11.6. The summed E-state index contributed by atoms with van der Waals surface area (Å²) in [5.74, 6) is 0.542. The summed E-state index contributed by atoms with van der Waals surface area (Å²) in [6, 6.07) is 11.9. The van der Waals surface area contributed by atoms with Crippen molar-refractivity contribution >= 4 is 32.7 Å². The first kappa shape index (κ1) is 12.6. The van der Waals surface area contributed by atoms with Gasteiger partial charge in [-0.15, -0.1) is 0 Å². The maximum absolute atomic E-state index is 12.4. The Bertz CT molecular complexity index is 1150. The van der Waals surface area contributed by atoms with Crippen LogP contribution in [0.1, 0.15) is 0 Å². The lowest BCUT2D eigenvalue weighted by molar-refractivity contribution is 0.414. The Balaban J connectivity index is 2.34. The monoisotopic (exact) mass is 294 g/mol. The van der Waals surface area contributed by atoms with Crippen molar-refractivity contribution in [3.05, 3.63) is 63.3 Å². The summed E-state index contributed by atoms with van der Waals surface area (Å²) in [6.07, 6.45) is 0. The summed E-state index contributed by atoms with van der Waals surface area (Å²) >= 11 is 0. The van der Waals surface area contributed by atoms with E-state index in [1.54, 1.807) is 42.5 Å². The standard InChI is InChI=1S/C17H10O5/c1-20-9-6-7-11-13(8-9)22-17(19)14-10-4-2-3-5-12(10)21-16(18)15(11)14/h2-8H,1H3. The van der Waals surface area contributed by atoms with E-state index < -0.39 is 11.3 Å². The molecule has 5 nitrogen and oxygen atoms in total. The lowest BCUT2D eigenvalue weighted by Gasteiger charge is -2.05. The predicted octanol–water partition coefficient (Wildman–Crippen LogP) is 3.06. The van der Waals surface area contributed by atoms with Gasteiger partial charge in [0.05, 0.1) is 17.9 Å². The molecule has 5 heteroatoms. The van der Waals surface area contributed by atoms with Crippen LogP contribution in [-0.4, -0.2) is 7.11 Å². The maximum Gasteiger partial charge on any atom is 0.345 e. The van der Waals surface area contributed by atoms with Crippen LogP contribution in [0, 0.1) is 0 Å². The first-order valence-electron chi connectivity index (χ1n) is 6.65. The van der Waals surface area contributed by atoms with Gasteiger partial charge in [-0.3, -0.25) is 0 Å². The number of methoxy groups -OCH3 is 1. The fraction of sp³-hybridized carbons (Fsp3) is 0.0588. The fourth-order valence-electron chi connectivity index (χ4n) is 2.68. The lowest BCUT2D eigenvalue weighted by atomic mass is 10.1. The van der Waals surface area contributed by atoms with Crippen LogP contribution < -0.4 is 16.0 Å². The van der Waals surface area contributed by atoms with Gasteiger partial charge in [0.2, 0.25) is 0 Å². The van der Waals surface area contributed by atoms with Gasteiger partial charge >= 0.3 is 11.3 Å². The highest BCUT2D eigenvalue weighted by Crippen LogP contribution is 2.28. The molecule has 0 spiro atoms. The Kier molecular flexibility index (Phi) is 2.56. The third-order valence-corrected chi connectivity index (χ3v) is 3.68. The fourth-order valence-corrected chi connectivity index (χ4v) is 2.68. The molecule has 2 heterocycles. The van der Waals surface area contributed by atoms with E-state index in [4.69, 9.17) is 13.6 Å². The van der Waals surface area contributed by atoms with Crippen molar-refractivity contribution in [1.82, 2.24) is 0 Å². The molecule has 0 fully saturated rings. The molecular formula is C17H10O5. The van der Waals surface area contributed by atoms with E-state index in [1.165, 1.54) is 7.11 Å². The Labute approximate surface area is 123 Å². The van der Waals surface area contributed by atoms with Gasteiger partial charge in [-0.1, -0.05) is 18.2 Å². The molecule has 0 radical (unpaired) electrons. The second-order valence-corrected chi connectivity index (χ2v) is 4.89. The Morgan fingerprint density at radius 3 is 2.18 bits per heavy atom. The molecule has 0 unspecified atom stereocenters. The molecule has 108 valence electrons. The number of benzene rings is 2. The summed E-state index contributed by atoms with van der Waals surface area (Å²) in [6.45, 7) is 0. The van der Waals surface area contributed by atoms with E-state index >= 15 is 0 Å². The number of hydrogen-bond donors (Lipinski definition) is 0. The molecular weight excluding hydrogens is 284 g/mol. The predicted molar refractivity (Wildman–Crippen MR) is 82.6 cm³/mol. The zero-order valence-corrected chi connectivity index (χ0v) is 11.6. The van der Waals surface area contributed by atoms with Crippen LogP contribution in [0.3, 0.4) is 0 Å². The summed E-state index contributed by atoms with van der Waals surface area (Å²) < 4.78 is 15.8. The van der Waals surface area contributed by atoms with E-state index in [0.717, 1.165) is 0 Å². The highest BCUT2D eigenvalue weighted by atomic mass is 16.5. The number of rotatable bonds is 1. The van der Waals surface area contributed by atoms with Gasteiger partial charge in [-0.25, -0.2) is 9.59 Å². The highest BCUT2D eigenvalue weighted by molar-refractivity contribution is 6.13. The molecule has 22 heavy (non-hydrogen) atoms. The molecule has 2 aromatic carbocycles. The van der Waals surface area contributed by atoms with Crippen molar-refractivity contribution in [2.75, 3.05) is 7.11 Å². The molecule has 0 bridgehead atoms. The normalized spacial score (nSPS) is 11.3. The van der Waals surface area contributed by atoms with Gasteiger partial charge in [0.1, 0.15) is 16.9 Å². The second kappa shape index (κ2) is 4.46. The molecule has 0 atom stereocenters. The number of hydrogen-bond acceptors (Lipinski definition) is 5. The van der Waals surface area contributed by atoms with Crippen molar-refractivity contribution in [2.45, 2.75) is 0 Å². The van der Waals surface area contributed by atoms with Crippen molar-refractivity contribution in [3.63, 3.8) is 0 Å². The van der Waals surface area contributed by atoms with Gasteiger partial charge in [0, 0.05) is 16.8 Å². The van der Waals surface area contributed by atoms with Gasteiger partial charge in [-0.2, -0.15) is 0 Å². The Hall–Kier alpha value is -3.08. The number of ether oxygens (including phenoxy) is 1. The van der Waals surface area contributed by atoms with Crippen molar-refractivity contribution in [1.29, 1.82) is 0 Å². The van der Waals surface area contributed by atoms with E-state index in [9.17, 15) is 9.59 Å². The van der Waals surface area contributed by atoms with Crippen LogP contribution in [0.5, 0.6) is 5.75 Å². The van der Waals surface area contributed by atoms with E-state index in [1.807, 2.05) is 0 Å². The summed E-state index contributed by atoms with van der Waals surface area (Å²) in [7, 11) is 1.52. The first-order chi connectivity index (χ1) is 10.7. The smallest absolute Gasteiger partial charge is 0.345 e. The average molecular weight is 294 g/mol. The molecule has 0 aliphatic rings. The molecule has 4 aromatic rings. The summed E-state index contributed by atoms with van der Waals surface area (Å²) in [4.78, 5) is 24.7. The minimum absolute atomic E-state index is 0.229. The molecule has 0 aliphatic heterocycles. The summed E-state index contributed by atoms with van der Waals surface area (Å²) in [5, 5.41) is 1.55. The zero-order chi connectivity index (χ0) is 15.3. The average Bonchev–Trinajstić information content (AvgIpc) is 2.54. The largest absolute Gasteiger partial charge is 0.497 e. The number of para-hydroxylation sites is 1. The van der Waals surface area contributed by atoms with Crippen LogP contribution in [0.2, 0.25) is 0 Å². The Morgan fingerprint density at radius 1 is 0.818 bits per heavy atom.